The minimum Gasteiger partial charge on any atom is -0.493 e. The molecule has 3 rings (SSSR count). The average molecular weight is 482 g/mol. The lowest BCUT2D eigenvalue weighted by molar-refractivity contribution is 0.189. The number of thioether (sulfide) groups is 2. The van der Waals surface area contributed by atoms with Crippen molar-refractivity contribution in [3.05, 3.63) is 48.0 Å². The van der Waals surface area contributed by atoms with E-state index >= 15 is 0 Å². The Labute approximate surface area is 194 Å². The van der Waals surface area contributed by atoms with Gasteiger partial charge in [0.05, 0.1) is 14.2 Å². The van der Waals surface area contributed by atoms with Crippen LogP contribution in [0.3, 0.4) is 0 Å². The number of rotatable bonds is 12. The first kappa shape index (κ1) is 24.3. The smallest absolute Gasteiger partial charge is 0.288 e. The molecule has 0 aliphatic carbocycles. The summed E-state index contributed by atoms with van der Waals surface area (Å²) in [5.41, 5.74) is 1.89. The number of hydrogen-bond acceptors (Lipinski definition) is 7. The topological polar surface area (TPSA) is 58.4 Å². The van der Waals surface area contributed by atoms with Gasteiger partial charge in [-0.1, -0.05) is 35.7 Å². The Kier molecular flexibility index (Phi) is 9.19. The Bertz CT molecular complexity index is 1000. The fraction of sp³-hybridized carbons (Fsp3) is 0.364. The molecule has 32 heavy (non-hydrogen) atoms. The van der Waals surface area contributed by atoms with Gasteiger partial charge in [0.15, 0.2) is 22.5 Å². The summed E-state index contributed by atoms with van der Waals surface area (Å²) in [4.78, 5) is 0.548. The fourth-order valence-corrected chi connectivity index (χ4v) is 4.49. The van der Waals surface area contributed by atoms with Crippen molar-refractivity contribution in [2.75, 3.05) is 27.9 Å². The Morgan fingerprint density at radius 3 is 2.38 bits per heavy atom. The number of alkyl halides is 2. The lowest BCUT2D eigenvalue weighted by atomic mass is 10.2. The van der Waals surface area contributed by atoms with Crippen LogP contribution in [0.4, 0.5) is 8.78 Å². The summed E-state index contributed by atoms with van der Waals surface area (Å²) in [6, 6.07) is 12.8. The maximum Gasteiger partial charge on any atom is 0.288 e. The maximum atomic E-state index is 12.5. The van der Waals surface area contributed by atoms with Crippen LogP contribution < -0.4 is 9.47 Å². The monoisotopic (exact) mass is 481 g/mol. The van der Waals surface area contributed by atoms with Gasteiger partial charge in [0.25, 0.3) is 5.76 Å². The van der Waals surface area contributed by atoms with Gasteiger partial charge in [0.1, 0.15) is 0 Å². The lowest BCUT2D eigenvalue weighted by Gasteiger charge is -2.12. The minimum absolute atomic E-state index is 0.544. The third kappa shape index (κ3) is 6.36. The van der Waals surface area contributed by atoms with Crippen molar-refractivity contribution >= 4 is 23.5 Å². The number of ether oxygens (including phenoxy) is 3. The molecule has 0 saturated carbocycles. The number of methoxy groups -OCH3 is 3. The molecule has 0 unspecified atom stereocenters. The van der Waals surface area contributed by atoms with Crippen molar-refractivity contribution in [2.45, 2.75) is 34.5 Å². The summed E-state index contributed by atoms with van der Waals surface area (Å²) in [7, 11) is 4.86. The van der Waals surface area contributed by atoms with E-state index in [1.54, 1.807) is 45.2 Å². The highest BCUT2D eigenvalue weighted by atomic mass is 32.2. The van der Waals surface area contributed by atoms with E-state index in [0.29, 0.717) is 47.1 Å². The average Bonchev–Trinajstić information content (AvgIpc) is 3.20. The zero-order chi connectivity index (χ0) is 22.9. The van der Waals surface area contributed by atoms with Crippen LogP contribution in [0.15, 0.2) is 52.5 Å². The van der Waals surface area contributed by atoms with Crippen molar-refractivity contribution in [1.82, 2.24) is 14.8 Å². The van der Waals surface area contributed by atoms with Crippen LogP contribution in [0.1, 0.15) is 12.0 Å². The third-order valence-corrected chi connectivity index (χ3v) is 6.37. The number of aromatic nitrogens is 3. The number of hydrogen-bond donors (Lipinski definition) is 0. The molecule has 0 radical (unpaired) electrons. The number of benzene rings is 2. The highest BCUT2D eigenvalue weighted by Gasteiger charge is 2.16. The summed E-state index contributed by atoms with van der Waals surface area (Å²) in [5.74, 6) is 0.217. The van der Waals surface area contributed by atoms with Gasteiger partial charge in [-0.25, -0.2) is 0 Å². The number of halogens is 2. The fourth-order valence-electron chi connectivity index (χ4n) is 3.07. The van der Waals surface area contributed by atoms with Gasteiger partial charge in [0, 0.05) is 36.5 Å². The zero-order valence-electron chi connectivity index (χ0n) is 18.1. The molecule has 6 nitrogen and oxygen atoms in total. The van der Waals surface area contributed by atoms with E-state index < -0.39 is 5.76 Å². The van der Waals surface area contributed by atoms with Gasteiger partial charge >= 0.3 is 0 Å². The molecule has 0 fully saturated rings. The third-order valence-electron chi connectivity index (χ3n) is 4.61. The van der Waals surface area contributed by atoms with Gasteiger partial charge in [-0.15, -0.1) is 10.2 Å². The van der Waals surface area contributed by atoms with Crippen molar-refractivity contribution in [3.63, 3.8) is 0 Å². The first-order valence-corrected chi connectivity index (χ1v) is 11.7. The van der Waals surface area contributed by atoms with E-state index in [1.165, 1.54) is 0 Å². The second-order valence-corrected chi connectivity index (χ2v) is 8.69. The molecule has 0 atom stereocenters. The minimum atomic E-state index is -2.42. The number of nitrogens with zero attached hydrogens (tertiary/aromatic N) is 3. The van der Waals surface area contributed by atoms with Crippen molar-refractivity contribution in [1.29, 1.82) is 0 Å². The van der Waals surface area contributed by atoms with E-state index in [0.717, 1.165) is 28.5 Å². The summed E-state index contributed by atoms with van der Waals surface area (Å²) in [6.45, 7) is 1.31. The molecule has 1 aromatic heterocycles. The highest BCUT2D eigenvalue weighted by molar-refractivity contribution is 7.99. The zero-order valence-corrected chi connectivity index (χ0v) is 19.7. The van der Waals surface area contributed by atoms with Crippen LogP contribution in [0.5, 0.6) is 11.5 Å². The van der Waals surface area contributed by atoms with Crippen molar-refractivity contribution in [2.24, 2.45) is 0 Å². The van der Waals surface area contributed by atoms with Crippen LogP contribution in [0, 0.1) is 0 Å². The highest BCUT2D eigenvalue weighted by Crippen LogP contribution is 2.34. The Hall–Kier alpha value is -2.30. The van der Waals surface area contributed by atoms with Crippen LogP contribution in [0.2, 0.25) is 0 Å². The molecule has 0 spiro atoms. The van der Waals surface area contributed by atoms with Crippen LogP contribution in [-0.4, -0.2) is 48.5 Å². The molecule has 0 aliphatic rings. The van der Waals surface area contributed by atoms with Crippen LogP contribution >= 0.6 is 23.5 Å². The molecule has 3 aromatic rings. The SMILES string of the molecule is COCCCn1c(SCc2ccc(SC(F)F)cc2)nnc1-c1ccc(OC)c(OC)c1. The molecule has 0 saturated heterocycles. The largest absolute Gasteiger partial charge is 0.493 e. The van der Waals surface area contributed by atoms with Crippen molar-refractivity contribution in [3.8, 4) is 22.9 Å². The molecular weight excluding hydrogens is 456 g/mol. The summed E-state index contributed by atoms with van der Waals surface area (Å²) >= 11 is 2.09. The molecule has 0 bridgehead atoms. The summed E-state index contributed by atoms with van der Waals surface area (Å²) in [5, 5.41) is 9.60. The Morgan fingerprint density at radius 2 is 1.72 bits per heavy atom. The van der Waals surface area contributed by atoms with E-state index in [-0.39, 0.29) is 0 Å². The molecule has 0 N–H and O–H groups in total. The van der Waals surface area contributed by atoms with Gasteiger partial charge in [0.2, 0.25) is 0 Å². The maximum absolute atomic E-state index is 12.5. The van der Waals surface area contributed by atoms with E-state index in [2.05, 4.69) is 14.8 Å². The van der Waals surface area contributed by atoms with Crippen LogP contribution in [0.25, 0.3) is 11.4 Å². The molecule has 0 amide bonds. The standard InChI is InChI=1S/C22H25F2N3O3S2/c1-28-12-4-11-27-20(16-7-10-18(29-2)19(13-16)30-3)25-26-22(27)31-14-15-5-8-17(9-6-15)32-21(23)24/h5-10,13,21H,4,11-12,14H2,1-3H3. The molecular formula is C22H25F2N3O3S2. The molecule has 1 heterocycles. The summed E-state index contributed by atoms with van der Waals surface area (Å²) < 4.78 is 43.0. The second-order valence-electron chi connectivity index (χ2n) is 6.69. The molecule has 10 heteroatoms. The molecule has 172 valence electrons. The molecule has 0 aliphatic heterocycles. The van der Waals surface area contributed by atoms with Gasteiger partial charge < -0.3 is 18.8 Å². The normalized spacial score (nSPS) is 11.2. The van der Waals surface area contributed by atoms with E-state index in [1.807, 2.05) is 30.3 Å². The lowest BCUT2D eigenvalue weighted by Crippen LogP contribution is -2.05. The van der Waals surface area contributed by atoms with E-state index in [9.17, 15) is 8.78 Å². The Morgan fingerprint density at radius 1 is 0.969 bits per heavy atom. The summed E-state index contributed by atoms with van der Waals surface area (Å²) in [6.07, 6.45) is 0.807. The Balaban J connectivity index is 1.81. The first-order chi connectivity index (χ1) is 15.5. The van der Waals surface area contributed by atoms with E-state index in [4.69, 9.17) is 14.2 Å². The van der Waals surface area contributed by atoms with Gasteiger partial charge in [-0.3, -0.25) is 0 Å². The first-order valence-electron chi connectivity index (χ1n) is 9.86. The quantitative estimate of drug-likeness (QED) is 0.246. The van der Waals surface area contributed by atoms with Crippen LogP contribution in [-0.2, 0) is 17.0 Å². The predicted octanol–water partition coefficient (Wildman–Crippen LogP) is 5.61. The van der Waals surface area contributed by atoms with Gasteiger partial charge in [-0.05, 0) is 42.3 Å². The predicted molar refractivity (Wildman–Crippen MR) is 123 cm³/mol. The van der Waals surface area contributed by atoms with Crippen molar-refractivity contribution < 1.29 is 23.0 Å². The second kappa shape index (κ2) is 12.1. The van der Waals surface area contributed by atoms with Gasteiger partial charge in [-0.2, -0.15) is 8.78 Å². The molecule has 2 aromatic carbocycles.